The molecule has 3 heterocycles. The van der Waals surface area contributed by atoms with Crippen LogP contribution in [-0.2, 0) is 10.3 Å². The summed E-state index contributed by atoms with van der Waals surface area (Å²) in [5.74, 6) is -0.410. The van der Waals surface area contributed by atoms with Crippen molar-refractivity contribution in [2.24, 2.45) is 0 Å². The van der Waals surface area contributed by atoms with E-state index in [0.717, 1.165) is 11.0 Å². The van der Waals surface area contributed by atoms with E-state index in [1.165, 1.54) is 19.2 Å². The number of nitrogens with one attached hydrogen (secondary N) is 1. The number of amides is 2. The van der Waals surface area contributed by atoms with Crippen LogP contribution in [-0.4, -0.2) is 35.1 Å². The first-order valence-electron chi connectivity index (χ1n) is 13.0. The van der Waals surface area contributed by atoms with Crippen molar-refractivity contribution in [1.82, 2.24) is 9.55 Å². The number of fused-ring (bicyclic) bond motifs is 4. The van der Waals surface area contributed by atoms with Crippen molar-refractivity contribution in [3.8, 4) is 22.9 Å². The molecule has 0 bridgehead atoms. The van der Waals surface area contributed by atoms with Gasteiger partial charge in [0.1, 0.15) is 23.1 Å². The molecule has 210 valence electrons. The number of nitrogens with zero attached hydrogens (tertiary/aromatic N) is 3. The highest BCUT2D eigenvalue weighted by Crippen LogP contribution is 2.55. The molecular weight excluding hydrogens is 570 g/mol. The number of benzene rings is 3. The molecule has 1 N–H and O–H groups in total. The van der Waals surface area contributed by atoms with Crippen LogP contribution >= 0.6 is 23.2 Å². The summed E-state index contributed by atoms with van der Waals surface area (Å²) in [5, 5.41) is 3.47. The van der Waals surface area contributed by atoms with Crippen molar-refractivity contribution >= 4 is 46.4 Å². The van der Waals surface area contributed by atoms with Gasteiger partial charge in [0.2, 0.25) is 0 Å². The van der Waals surface area contributed by atoms with Gasteiger partial charge < -0.3 is 19.4 Å². The van der Waals surface area contributed by atoms with Crippen LogP contribution < -0.4 is 19.7 Å². The minimum absolute atomic E-state index is 0.0157. The van der Waals surface area contributed by atoms with E-state index >= 15 is 4.39 Å². The summed E-state index contributed by atoms with van der Waals surface area (Å²) in [7, 11) is 1.53. The maximum absolute atomic E-state index is 15.5. The fraction of sp³-hybridized carbons (Fsp3) is 0.233. The third kappa shape index (κ3) is 3.83. The molecule has 0 unspecified atom stereocenters. The first-order valence-corrected chi connectivity index (χ1v) is 13.7. The zero-order valence-electron chi connectivity index (χ0n) is 22.6. The van der Waals surface area contributed by atoms with Crippen LogP contribution in [0.5, 0.6) is 11.5 Å². The van der Waals surface area contributed by atoms with Crippen LogP contribution in [0.4, 0.5) is 15.8 Å². The van der Waals surface area contributed by atoms with Crippen LogP contribution in [0.3, 0.4) is 0 Å². The number of methoxy groups -OCH3 is 1. The molecule has 0 saturated heterocycles. The number of ether oxygens (including phenoxy) is 2. The minimum Gasteiger partial charge on any atom is -0.496 e. The highest BCUT2D eigenvalue weighted by molar-refractivity contribution is 6.32. The Hall–Kier alpha value is -4.08. The summed E-state index contributed by atoms with van der Waals surface area (Å²) in [4.78, 5) is 34.5. The number of imidazole rings is 1. The van der Waals surface area contributed by atoms with Crippen LogP contribution in [0.15, 0.2) is 54.6 Å². The molecule has 8 nitrogen and oxygen atoms in total. The van der Waals surface area contributed by atoms with Gasteiger partial charge in [-0.25, -0.2) is 9.37 Å². The summed E-state index contributed by atoms with van der Waals surface area (Å²) in [6.07, 6.45) is 0. The van der Waals surface area contributed by atoms with Gasteiger partial charge in [-0.1, -0.05) is 29.3 Å². The van der Waals surface area contributed by atoms with Crippen molar-refractivity contribution in [3.63, 3.8) is 0 Å². The quantitative estimate of drug-likeness (QED) is 0.264. The molecule has 1 aromatic heterocycles. The number of hydrogen-bond acceptors (Lipinski definition) is 5. The van der Waals surface area contributed by atoms with Gasteiger partial charge in [-0.15, -0.1) is 0 Å². The predicted octanol–water partition coefficient (Wildman–Crippen LogP) is 6.84. The second-order valence-electron chi connectivity index (χ2n) is 9.98. The molecule has 0 radical (unpaired) electrons. The summed E-state index contributed by atoms with van der Waals surface area (Å²) in [6, 6.07) is 13.8. The number of hydrogen-bond donors (Lipinski definition) is 1. The van der Waals surface area contributed by atoms with E-state index in [1.54, 1.807) is 36.4 Å². The van der Waals surface area contributed by atoms with Crippen LogP contribution in [0, 0.1) is 5.82 Å². The van der Waals surface area contributed by atoms with Crippen LogP contribution in [0.1, 0.15) is 48.6 Å². The SMILES string of the molecule is CCOc1ccc(-c2nc3c(n2C(C)C)[C@@]2(C(=O)Nc4cc(Cl)ccc42)N(c2cc(Cl)ccc2F)C3=O)c(OC)c1. The fourth-order valence-corrected chi connectivity index (χ4v) is 6.11. The van der Waals surface area contributed by atoms with Gasteiger partial charge in [0.15, 0.2) is 11.2 Å². The zero-order chi connectivity index (χ0) is 29.2. The lowest BCUT2D eigenvalue weighted by Gasteiger charge is -2.36. The molecule has 0 saturated carbocycles. The first-order chi connectivity index (χ1) is 19.6. The van der Waals surface area contributed by atoms with Crippen LogP contribution in [0.25, 0.3) is 11.4 Å². The van der Waals surface area contributed by atoms with Gasteiger partial charge in [-0.3, -0.25) is 14.5 Å². The highest BCUT2D eigenvalue weighted by Gasteiger charge is 2.64. The van der Waals surface area contributed by atoms with E-state index < -0.39 is 23.2 Å². The second-order valence-corrected chi connectivity index (χ2v) is 10.9. The molecule has 4 aromatic rings. The number of anilines is 2. The Morgan fingerprint density at radius 1 is 1.05 bits per heavy atom. The summed E-state index contributed by atoms with van der Waals surface area (Å²) in [6.45, 7) is 6.20. The summed E-state index contributed by atoms with van der Waals surface area (Å²) >= 11 is 12.5. The molecule has 1 atom stereocenters. The van der Waals surface area contributed by atoms with E-state index in [1.807, 2.05) is 25.3 Å². The van der Waals surface area contributed by atoms with Crippen LogP contribution in [0.2, 0.25) is 10.0 Å². The van der Waals surface area contributed by atoms with Crippen molar-refractivity contribution < 1.29 is 23.5 Å². The van der Waals surface area contributed by atoms with Crippen molar-refractivity contribution in [2.45, 2.75) is 32.4 Å². The molecular formula is C30H25Cl2FN4O4. The minimum atomic E-state index is -1.80. The van der Waals surface area contributed by atoms with Gasteiger partial charge in [0.05, 0.1) is 30.7 Å². The van der Waals surface area contributed by atoms with E-state index in [0.29, 0.717) is 51.5 Å². The average Bonchev–Trinajstić information content (AvgIpc) is 3.54. The number of rotatable bonds is 6. The number of halogens is 3. The number of carbonyl (C=O) groups is 2. The molecule has 6 rings (SSSR count). The van der Waals surface area contributed by atoms with E-state index in [-0.39, 0.29) is 22.4 Å². The largest absolute Gasteiger partial charge is 0.496 e. The lowest BCUT2D eigenvalue weighted by atomic mass is 9.87. The van der Waals surface area contributed by atoms with E-state index in [2.05, 4.69) is 5.32 Å². The van der Waals surface area contributed by atoms with Crippen molar-refractivity contribution in [1.29, 1.82) is 0 Å². The topological polar surface area (TPSA) is 85.7 Å². The lowest BCUT2D eigenvalue weighted by Crippen LogP contribution is -2.51. The first kappa shape index (κ1) is 27.1. The maximum atomic E-state index is 15.5. The molecule has 0 fully saturated rings. The molecule has 2 amide bonds. The normalized spacial score (nSPS) is 17.3. The molecule has 11 heteroatoms. The fourth-order valence-electron chi connectivity index (χ4n) is 5.77. The number of aromatic nitrogens is 2. The third-order valence-corrected chi connectivity index (χ3v) is 7.80. The molecule has 2 aliphatic heterocycles. The molecule has 41 heavy (non-hydrogen) atoms. The number of carbonyl (C=O) groups excluding carboxylic acids is 2. The smallest absolute Gasteiger partial charge is 0.280 e. The Morgan fingerprint density at radius 2 is 1.78 bits per heavy atom. The van der Waals surface area contributed by atoms with Gasteiger partial charge in [-0.05, 0) is 63.2 Å². The average molecular weight is 595 g/mol. The third-order valence-electron chi connectivity index (χ3n) is 7.33. The zero-order valence-corrected chi connectivity index (χ0v) is 24.1. The lowest BCUT2D eigenvalue weighted by molar-refractivity contribution is -0.119. The molecule has 1 spiro atoms. The molecule has 3 aromatic carbocycles. The standard InChI is InChI=1S/C30H25Cl2FN4O4/c1-5-41-18-8-9-19(24(14-18)40-4)27-35-25-26(36(27)15(2)3)30(20-10-6-16(31)12-22(20)34-29(30)39)37(28(25)38)23-13-17(32)7-11-21(23)33/h6-15H,5H2,1-4H3,(H,34,39)/t30-/m0/s1. The van der Waals surface area contributed by atoms with Crippen molar-refractivity contribution in [3.05, 3.63) is 87.4 Å². The van der Waals surface area contributed by atoms with Gasteiger partial charge >= 0.3 is 0 Å². The maximum Gasteiger partial charge on any atom is 0.280 e. The highest BCUT2D eigenvalue weighted by atomic mass is 35.5. The Morgan fingerprint density at radius 3 is 2.49 bits per heavy atom. The Labute approximate surface area is 245 Å². The van der Waals surface area contributed by atoms with Gasteiger partial charge in [0, 0.05) is 33.4 Å². The van der Waals surface area contributed by atoms with E-state index in [4.69, 9.17) is 37.7 Å². The Balaban J connectivity index is 1.70. The predicted molar refractivity (Wildman–Crippen MR) is 155 cm³/mol. The summed E-state index contributed by atoms with van der Waals surface area (Å²) < 4.78 is 28.6. The van der Waals surface area contributed by atoms with E-state index in [9.17, 15) is 9.59 Å². The van der Waals surface area contributed by atoms with Crippen molar-refractivity contribution in [2.75, 3.05) is 23.9 Å². The van der Waals surface area contributed by atoms with Gasteiger partial charge in [0.25, 0.3) is 11.8 Å². The summed E-state index contributed by atoms with van der Waals surface area (Å²) in [5.41, 5.74) is -0.182. The second kappa shape index (κ2) is 9.78. The van der Waals surface area contributed by atoms with Gasteiger partial charge in [-0.2, -0.15) is 0 Å². The Bertz CT molecular complexity index is 1750. The Kier molecular flexibility index (Phi) is 6.47. The molecule has 2 aliphatic rings. The molecule has 0 aliphatic carbocycles. The monoisotopic (exact) mass is 594 g/mol.